The lowest BCUT2D eigenvalue weighted by atomic mass is 9.96. The molecule has 27 heteroatoms. The number of carbonyl (C=O) groups is 1. The van der Waals surface area contributed by atoms with Crippen molar-refractivity contribution in [1.29, 1.82) is 0 Å². The van der Waals surface area contributed by atoms with Crippen molar-refractivity contribution in [2.24, 2.45) is 17.4 Å². The largest absolute Gasteiger partial charge is 0.756 e. The molecule has 5 aliphatic rings. The predicted molar refractivity (Wildman–Crippen MR) is 152 cm³/mol. The van der Waals surface area contributed by atoms with Crippen molar-refractivity contribution in [3.8, 4) is 0 Å². The number of carbonyl (C=O) groups excluding carboxylic acids is 1. The van der Waals surface area contributed by atoms with Gasteiger partial charge in [-0.1, -0.05) is 0 Å². The predicted octanol–water partition coefficient (Wildman–Crippen LogP) is -7.61. The molecule has 0 aromatic rings. The van der Waals surface area contributed by atoms with Crippen LogP contribution in [-0.4, -0.2) is 148 Å². The maximum Gasteiger partial charge on any atom is 0.478 e. The number of phosphoric ester groups is 3. The van der Waals surface area contributed by atoms with Gasteiger partial charge in [0.2, 0.25) is 12.1 Å². The molecule has 0 saturated carbocycles. The first-order chi connectivity index (χ1) is 22.4. The molecule has 14 N–H and O–H groups in total. The second-order valence-corrected chi connectivity index (χ2v) is 16.3. The second kappa shape index (κ2) is 15.2. The average Bonchev–Trinajstić information content (AvgIpc) is 3.64. The molecular formula is C21H42N7O17P3. The molecular weight excluding hydrogens is 715 g/mol. The van der Waals surface area contributed by atoms with Gasteiger partial charge in [-0.15, -0.1) is 0 Å². The molecule has 0 radical (unpaired) electrons. The number of hydrogen-bond donors (Lipinski definition) is 12. The van der Waals surface area contributed by atoms with Crippen LogP contribution in [0.1, 0.15) is 12.8 Å². The molecule has 0 aromatic heterocycles. The summed E-state index contributed by atoms with van der Waals surface area (Å²) >= 11 is 0. The number of piperidine rings is 1. The van der Waals surface area contributed by atoms with Gasteiger partial charge in [-0.2, -0.15) is 0 Å². The summed E-state index contributed by atoms with van der Waals surface area (Å²) in [4.78, 5) is 55.2. The zero-order chi connectivity index (χ0) is 35.2. The van der Waals surface area contributed by atoms with Crippen molar-refractivity contribution >= 4 is 29.4 Å². The van der Waals surface area contributed by atoms with Crippen LogP contribution in [0.5, 0.6) is 0 Å². The third kappa shape index (κ3) is 9.06. The first-order valence-electron chi connectivity index (χ1n) is 14.9. The Morgan fingerprint density at radius 1 is 1.00 bits per heavy atom. The minimum atomic E-state index is -5.66. The number of hydrogen-bond acceptors (Lipinski definition) is 19. The van der Waals surface area contributed by atoms with Crippen LogP contribution >= 0.6 is 23.5 Å². The Balaban J connectivity index is 1.15. The van der Waals surface area contributed by atoms with Crippen molar-refractivity contribution in [3.63, 3.8) is 0 Å². The van der Waals surface area contributed by atoms with E-state index in [1.165, 1.54) is 4.90 Å². The van der Waals surface area contributed by atoms with E-state index in [1.54, 1.807) is 0 Å². The summed E-state index contributed by atoms with van der Waals surface area (Å²) in [7, 11) is -16.4. The monoisotopic (exact) mass is 757 g/mol. The fourth-order valence-corrected chi connectivity index (χ4v) is 9.17. The number of aliphatic hydroxyl groups is 3. The summed E-state index contributed by atoms with van der Waals surface area (Å²) in [6.07, 6.45) is -12.0. The molecule has 15 atom stereocenters. The molecule has 5 saturated heterocycles. The molecule has 24 nitrogen and oxygen atoms in total. The third-order valence-electron chi connectivity index (χ3n) is 8.87. The number of ether oxygens (including phenoxy) is 2. The minimum Gasteiger partial charge on any atom is -0.756 e. The van der Waals surface area contributed by atoms with Gasteiger partial charge >= 0.3 is 15.6 Å². The SMILES string of the molecule is NC(=O)C1CCC[NH+](C2OC(COP(=O)([O-])OP(=O)(O)OCC3OC(N4CNC5C(N)NCNC54)C(OP(=O)(O)O)C3O)C(O)C2O)C1. The van der Waals surface area contributed by atoms with Crippen molar-refractivity contribution in [2.75, 3.05) is 39.6 Å². The summed E-state index contributed by atoms with van der Waals surface area (Å²) in [6, 6.07) is -0.396. The van der Waals surface area contributed by atoms with Crippen molar-refractivity contribution in [3.05, 3.63) is 0 Å². The first kappa shape index (κ1) is 38.6. The smallest absolute Gasteiger partial charge is 0.478 e. The van der Waals surface area contributed by atoms with Crippen LogP contribution in [0, 0.1) is 5.92 Å². The number of phosphoric acid groups is 3. The van der Waals surface area contributed by atoms with Gasteiger partial charge in [0.05, 0.1) is 57.3 Å². The molecule has 0 bridgehead atoms. The molecule has 5 rings (SSSR count). The minimum absolute atomic E-state index is 0.0619. The molecule has 5 aliphatic heterocycles. The van der Waals surface area contributed by atoms with Gasteiger partial charge in [0.25, 0.3) is 7.82 Å². The lowest BCUT2D eigenvalue weighted by Crippen LogP contribution is -3.18. The summed E-state index contributed by atoms with van der Waals surface area (Å²) in [5.74, 6) is -1.00. The molecule has 278 valence electrons. The van der Waals surface area contributed by atoms with Crippen molar-refractivity contribution < 1.29 is 85.6 Å². The molecule has 0 aliphatic carbocycles. The van der Waals surface area contributed by atoms with E-state index in [9.17, 15) is 53.4 Å². The van der Waals surface area contributed by atoms with E-state index >= 15 is 0 Å². The quantitative estimate of drug-likeness (QED) is 0.0776. The number of nitrogens with one attached hydrogen (secondary N) is 4. The van der Waals surface area contributed by atoms with Crippen molar-refractivity contribution in [1.82, 2.24) is 20.9 Å². The van der Waals surface area contributed by atoms with E-state index in [0.717, 1.165) is 0 Å². The highest BCUT2D eigenvalue weighted by atomic mass is 31.3. The zero-order valence-corrected chi connectivity index (χ0v) is 27.9. The Morgan fingerprint density at radius 3 is 2.38 bits per heavy atom. The van der Waals surface area contributed by atoms with Gasteiger partial charge in [0.1, 0.15) is 36.7 Å². The van der Waals surface area contributed by atoms with Crippen molar-refractivity contribution in [2.45, 2.75) is 80.3 Å². The standard InChI is InChI=1S/C21H42N7O17P3/c22-17-12-19(25-7-24-17)28(8-26-12)21-16(44-46(33,34)35)14(30)11(43-21)6-41-48(38,39)45-47(36,37)40-5-10-13(29)15(31)20(42-10)27-3-1-2-9(4-27)18(23)32/h9-17,19-21,24-26,29-31H,1-8,22H2,(H2,23,32)(H,36,37)(H,38,39)(H2,33,34,35). The van der Waals surface area contributed by atoms with Gasteiger partial charge in [-0.05, 0) is 12.8 Å². The summed E-state index contributed by atoms with van der Waals surface area (Å²) in [5, 5.41) is 40.9. The Bertz CT molecular complexity index is 1300. The number of primary amides is 1. The van der Waals surface area contributed by atoms with E-state index in [0.29, 0.717) is 24.3 Å². The Hall–Kier alpha value is -0.600. The Kier molecular flexibility index (Phi) is 12.2. The lowest BCUT2D eigenvalue weighted by molar-refractivity contribution is -0.956. The molecule has 15 unspecified atom stereocenters. The molecule has 5 heterocycles. The molecule has 0 spiro atoms. The lowest BCUT2D eigenvalue weighted by Gasteiger charge is -2.39. The van der Waals surface area contributed by atoms with Crippen LogP contribution in [-0.2, 0) is 45.8 Å². The van der Waals surface area contributed by atoms with Gasteiger partial charge in [0.15, 0.2) is 6.10 Å². The second-order valence-electron chi connectivity index (χ2n) is 12.1. The van der Waals surface area contributed by atoms with Gasteiger partial charge in [-0.25, -0.2) is 18.3 Å². The number of amides is 1. The number of nitrogens with two attached hydrogens (primary N) is 2. The van der Waals surface area contributed by atoms with Gasteiger partial charge in [0, 0.05) is 6.67 Å². The number of aliphatic hydroxyl groups excluding tert-OH is 3. The number of likely N-dealkylation sites (tertiary alicyclic amines) is 1. The van der Waals surface area contributed by atoms with Crippen LogP contribution in [0.25, 0.3) is 0 Å². The number of nitrogens with zero attached hydrogens (tertiary/aromatic N) is 1. The van der Waals surface area contributed by atoms with Gasteiger partial charge in [-0.3, -0.25) is 34.4 Å². The van der Waals surface area contributed by atoms with Crippen LogP contribution in [0.2, 0.25) is 0 Å². The number of rotatable bonds is 13. The highest BCUT2D eigenvalue weighted by Crippen LogP contribution is 2.58. The normalized spacial score (nSPS) is 43.5. The van der Waals surface area contributed by atoms with E-state index < -0.39 is 116 Å². The average molecular weight is 758 g/mol. The fraction of sp³-hybridized carbons (Fsp3) is 0.952. The van der Waals surface area contributed by atoms with E-state index in [2.05, 4.69) is 24.8 Å². The fourth-order valence-electron chi connectivity index (χ4n) is 6.57. The summed E-state index contributed by atoms with van der Waals surface area (Å²) in [5.41, 5.74) is 11.4. The summed E-state index contributed by atoms with van der Waals surface area (Å²) in [6.45, 7) is -0.930. The van der Waals surface area contributed by atoms with Crippen LogP contribution in [0.3, 0.4) is 0 Å². The summed E-state index contributed by atoms with van der Waals surface area (Å²) < 4.78 is 66.4. The highest BCUT2D eigenvalue weighted by molar-refractivity contribution is 7.60. The molecule has 1 amide bonds. The van der Waals surface area contributed by atoms with Crippen LogP contribution in [0.15, 0.2) is 0 Å². The Labute approximate surface area is 273 Å². The molecule has 0 aromatic carbocycles. The maximum atomic E-state index is 12.6. The third-order valence-corrected chi connectivity index (χ3v) is 12.0. The number of fused-ring (bicyclic) bond motifs is 1. The van der Waals surface area contributed by atoms with E-state index in [-0.39, 0.29) is 19.9 Å². The topological polar surface area (TPSA) is 364 Å². The maximum absolute atomic E-state index is 12.6. The first-order valence-corrected chi connectivity index (χ1v) is 19.4. The van der Waals surface area contributed by atoms with Crippen LogP contribution in [0.4, 0.5) is 0 Å². The van der Waals surface area contributed by atoms with E-state index in [4.69, 9.17) is 30.0 Å². The van der Waals surface area contributed by atoms with E-state index in [1.807, 2.05) is 0 Å². The zero-order valence-electron chi connectivity index (χ0n) is 25.2. The highest BCUT2D eigenvalue weighted by Gasteiger charge is 2.55. The molecule has 48 heavy (non-hydrogen) atoms. The Morgan fingerprint density at radius 2 is 1.69 bits per heavy atom. The van der Waals surface area contributed by atoms with Gasteiger partial charge < -0.3 is 65.3 Å². The van der Waals surface area contributed by atoms with Crippen LogP contribution < -0.4 is 37.2 Å². The number of quaternary nitrogens is 1. The molecule has 5 fully saturated rings.